The summed E-state index contributed by atoms with van der Waals surface area (Å²) < 4.78 is 11.4. The summed E-state index contributed by atoms with van der Waals surface area (Å²) in [6.07, 6.45) is 4.64. The Hall–Kier alpha value is -2.27. The van der Waals surface area contributed by atoms with Crippen LogP contribution >= 0.6 is 0 Å². The summed E-state index contributed by atoms with van der Waals surface area (Å²) in [5.74, 6) is 2.18. The molecule has 0 bridgehead atoms. The first-order chi connectivity index (χ1) is 13.9. The van der Waals surface area contributed by atoms with Crippen LogP contribution in [-0.4, -0.2) is 38.1 Å². The second-order valence-corrected chi connectivity index (χ2v) is 8.51. The maximum Gasteiger partial charge on any atom is 0.223 e. The highest BCUT2D eigenvalue weighted by molar-refractivity contribution is 5.78. The smallest absolute Gasteiger partial charge is 0.223 e. The largest absolute Gasteiger partial charge is 0.492 e. The summed E-state index contributed by atoms with van der Waals surface area (Å²) in [7, 11) is 4.11. The van der Waals surface area contributed by atoms with Gasteiger partial charge in [0.25, 0.3) is 0 Å². The van der Waals surface area contributed by atoms with E-state index in [2.05, 4.69) is 44.2 Å². The minimum absolute atomic E-state index is 0.0314. The fraction of sp³-hybridized carbons (Fsp3) is 0.542. The van der Waals surface area contributed by atoms with Crippen LogP contribution in [0.25, 0.3) is 0 Å². The molecule has 3 rings (SSSR count). The number of benzene rings is 1. The van der Waals surface area contributed by atoms with E-state index in [1.54, 1.807) is 6.26 Å². The van der Waals surface area contributed by atoms with Gasteiger partial charge in [-0.2, -0.15) is 0 Å². The minimum Gasteiger partial charge on any atom is -0.492 e. The van der Waals surface area contributed by atoms with Gasteiger partial charge in [0, 0.05) is 12.5 Å². The first-order valence-corrected chi connectivity index (χ1v) is 10.6. The summed E-state index contributed by atoms with van der Waals surface area (Å²) in [6, 6.07) is 5.90. The van der Waals surface area contributed by atoms with Crippen LogP contribution in [0, 0.1) is 25.7 Å². The van der Waals surface area contributed by atoms with E-state index in [9.17, 15) is 4.79 Å². The highest BCUT2D eigenvalue weighted by Gasteiger charge is 2.30. The number of likely N-dealkylation sites (N-methyl/N-ethyl adjacent to an activating group) is 1. The zero-order valence-electron chi connectivity index (χ0n) is 18.4. The number of carbonyl (C=O) groups is 1. The Morgan fingerprint density at radius 3 is 2.83 bits per heavy atom. The second kappa shape index (κ2) is 9.49. The van der Waals surface area contributed by atoms with Gasteiger partial charge in [-0.1, -0.05) is 6.92 Å². The highest BCUT2D eigenvalue weighted by Crippen LogP contribution is 2.37. The lowest BCUT2D eigenvalue weighted by atomic mass is 9.74. The van der Waals surface area contributed by atoms with E-state index < -0.39 is 0 Å². The molecule has 0 saturated carbocycles. The average Bonchev–Trinajstić information content (AvgIpc) is 3.22. The molecule has 29 heavy (non-hydrogen) atoms. The molecule has 5 heteroatoms. The molecule has 1 aliphatic carbocycles. The third-order valence-electron chi connectivity index (χ3n) is 6.18. The van der Waals surface area contributed by atoms with Crippen molar-refractivity contribution in [1.82, 2.24) is 10.2 Å². The third kappa shape index (κ3) is 5.21. The van der Waals surface area contributed by atoms with Gasteiger partial charge in [0.05, 0.1) is 12.8 Å². The van der Waals surface area contributed by atoms with Crippen molar-refractivity contribution in [2.45, 2.75) is 46.6 Å². The number of furan rings is 1. The SMILES string of the molecule is Cc1cc(OCCN(C)C)c(C)c2c1CCC(C(C)C(=O)NCc1ccco1)C2. The van der Waals surface area contributed by atoms with E-state index in [-0.39, 0.29) is 11.8 Å². The monoisotopic (exact) mass is 398 g/mol. The van der Waals surface area contributed by atoms with Crippen LogP contribution in [0.3, 0.4) is 0 Å². The van der Waals surface area contributed by atoms with Gasteiger partial charge in [0.1, 0.15) is 18.1 Å². The van der Waals surface area contributed by atoms with Crippen LogP contribution < -0.4 is 10.1 Å². The van der Waals surface area contributed by atoms with Crippen LogP contribution in [0.1, 0.15) is 41.4 Å². The van der Waals surface area contributed by atoms with Gasteiger partial charge >= 0.3 is 0 Å². The van der Waals surface area contributed by atoms with E-state index in [1.165, 1.54) is 22.3 Å². The van der Waals surface area contributed by atoms with Gasteiger partial charge in [0.2, 0.25) is 5.91 Å². The molecule has 5 nitrogen and oxygen atoms in total. The van der Waals surface area contributed by atoms with E-state index in [1.807, 2.05) is 19.1 Å². The van der Waals surface area contributed by atoms with Crippen LogP contribution in [0.4, 0.5) is 0 Å². The molecule has 0 radical (unpaired) electrons. The Labute approximate surface area is 174 Å². The van der Waals surface area contributed by atoms with Gasteiger partial charge in [-0.25, -0.2) is 0 Å². The lowest BCUT2D eigenvalue weighted by molar-refractivity contribution is -0.126. The molecule has 1 aromatic heterocycles. The first-order valence-electron chi connectivity index (χ1n) is 10.6. The number of amides is 1. The lowest BCUT2D eigenvalue weighted by Crippen LogP contribution is -2.35. The topological polar surface area (TPSA) is 54.7 Å². The van der Waals surface area contributed by atoms with Crippen molar-refractivity contribution in [3.8, 4) is 5.75 Å². The van der Waals surface area contributed by atoms with Crippen molar-refractivity contribution in [2.75, 3.05) is 27.2 Å². The van der Waals surface area contributed by atoms with Gasteiger partial charge in [0.15, 0.2) is 0 Å². The zero-order valence-corrected chi connectivity index (χ0v) is 18.4. The highest BCUT2D eigenvalue weighted by atomic mass is 16.5. The van der Waals surface area contributed by atoms with E-state index in [0.717, 1.165) is 37.3 Å². The van der Waals surface area contributed by atoms with Crippen molar-refractivity contribution < 1.29 is 13.9 Å². The molecular weight excluding hydrogens is 364 g/mol. The van der Waals surface area contributed by atoms with E-state index in [4.69, 9.17) is 9.15 Å². The summed E-state index contributed by atoms with van der Waals surface area (Å²) in [4.78, 5) is 14.8. The average molecular weight is 399 g/mol. The Morgan fingerprint density at radius 1 is 1.34 bits per heavy atom. The van der Waals surface area contributed by atoms with Gasteiger partial charge in [-0.15, -0.1) is 0 Å². The molecule has 0 spiro atoms. The number of hydrogen-bond donors (Lipinski definition) is 1. The Bertz CT molecular complexity index is 827. The number of fused-ring (bicyclic) bond motifs is 1. The number of nitrogens with one attached hydrogen (secondary N) is 1. The van der Waals surface area contributed by atoms with Crippen molar-refractivity contribution in [3.05, 3.63) is 52.5 Å². The van der Waals surface area contributed by atoms with E-state index >= 15 is 0 Å². The predicted octanol–water partition coefficient (Wildman–Crippen LogP) is 3.89. The zero-order chi connectivity index (χ0) is 21.0. The van der Waals surface area contributed by atoms with Crippen molar-refractivity contribution in [2.24, 2.45) is 11.8 Å². The van der Waals surface area contributed by atoms with Gasteiger partial charge in [-0.3, -0.25) is 4.79 Å². The molecule has 1 aliphatic rings. The Morgan fingerprint density at radius 2 is 2.14 bits per heavy atom. The second-order valence-electron chi connectivity index (χ2n) is 8.51. The molecule has 1 heterocycles. The lowest BCUT2D eigenvalue weighted by Gasteiger charge is -2.31. The van der Waals surface area contributed by atoms with Crippen LogP contribution in [0.2, 0.25) is 0 Å². The van der Waals surface area contributed by atoms with Crippen molar-refractivity contribution in [3.63, 3.8) is 0 Å². The standard InChI is InChI=1S/C24H34N2O3/c1-16-13-23(29-12-10-26(4)5)18(3)22-14-19(8-9-21(16)22)17(2)24(27)25-15-20-7-6-11-28-20/h6-7,11,13,17,19H,8-10,12,14-15H2,1-5H3,(H,25,27). The fourth-order valence-electron chi connectivity index (χ4n) is 4.20. The minimum atomic E-state index is -0.0314. The number of aryl methyl sites for hydroxylation is 1. The quantitative estimate of drug-likeness (QED) is 0.733. The van der Waals surface area contributed by atoms with Crippen LogP contribution in [0.15, 0.2) is 28.9 Å². The maximum absolute atomic E-state index is 12.7. The Balaban J connectivity index is 1.68. The van der Waals surface area contributed by atoms with Crippen LogP contribution in [0.5, 0.6) is 5.75 Å². The summed E-state index contributed by atoms with van der Waals surface area (Å²) in [6.45, 7) is 8.41. The molecule has 1 amide bonds. The summed E-state index contributed by atoms with van der Waals surface area (Å²) in [5.41, 5.74) is 5.37. The van der Waals surface area contributed by atoms with Crippen LogP contribution in [-0.2, 0) is 24.2 Å². The number of nitrogens with zero attached hydrogens (tertiary/aromatic N) is 1. The number of hydrogen-bond acceptors (Lipinski definition) is 4. The van der Waals surface area contributed by atoms with E-state index in [0.29, 0.717) is 19.1 Å². The molecule has 1 N–H and O–H groups in total. The molecule has 158 valence electrons. The van der Waals surface area contributed by atoms with Gasteiger partial charge < -0.3 is 19.4 Å². The normalized spacial score (nSPS) is 17.1. The summed E-state index contributed by atoms with van der Waals surface area (Å²) in [5, 5.41) is 3.02. The van der Waals surface area contributed by atoms with Crippen molar-refractivity contribution >= 4 is 5.91 Å². The molecule has 2 atom stereocenters. The fourth-order valence-corrected chi connectivity index (χ4v) is 4.20. The number of rotatable bonds is 8. The predicted molar refractivity (Wildman–Crippen MR) is 115 cm³/mol. The molecule has 2 aromatic rings. The third-order valence-corrected chi connectivity index (χ3v) is 6.18. The molecule has 0 saturated heterocycles. The molecule has 0 aliphatic heterocycles. The van der Waals surface area contributed by atoms with Gasteiger partial charge in [-0.05, 0) is 93.6 Å². The molecule has 1 aromatic carbocycles. The molecule has 0 fully saturated rings. The number of carbonyl (C=O) groups excluding carboxylic acids is 1. The number of ether oxygens (including phenoxy) is 1. The molecule has 2 unspecified atom stereocenters. The summed E-state index contributed by atoms with van der Waals surface area (Å²) >= 11 is 0. The maximum atomic E-state index is 12.7. The first kappa shape index (κ1) is 21.4. The molecular formula is C24H34N2O3. The Kier molecular flexibility index (Phi) is 7.01. The van der Waals surface area contributed by atoms with Crippen molar-refractivity contribution in [1.29, 1.82) is 0 Å².